The zero-order chi connectivity index (χ0) is 13.0. The predicted molar refractivity (Wildman–Crippen MR) is 77.8 cm³/mol. The van der Waals surface area contributed by atoms with Crippen LogP contribution in [0.5, 0.6) is 0 Å². The molecule has 94 valence electrons. The van der Waals surface area contributed by atoms with Crippen LogP contribution in [-0.4, -0.2) is 28.4 Å². The summed E-state index contributed by atoms with van der Waals surface area (Å²) in [4.78, 5) is 2.58. The van der Waals surface area contributed by atoms with Gasteiger partial charge in [-0.25, -0.2) is 0 Å². The predicted octanol–water partition coefficient (Wildman–Crippen LogP) is 1.65. The van der Waals surface area contributed by atoms with Crippen molar-refractivity contribution in [1.29, 1.82) is 0 Å². The van der Waals surface area contributed by atoms with Crippen molar-refractivity contribution in [2.75, 3.05) is 18.5 Å². The summed E-state index contributed by atoms with van der Waals surface area (Å²) in [5, 5.41) is 4.18. The molecule has 2 rings (SSSR count). The van der Waals surface area contributed by atoms with Crippen LogP contribution in [0.4, 0.5) is 5.69 Å². The maximum absolute atomic E-state index is 5.63. The van der Waals surface area contributed by atoms with Gasteiger partial charge in [-0.05, 0) is 18.2 Å². The summed E-state index contributed by atoms with van der Waals surface area (Å²) in [5.41, 5.74) is 7.63. The molecule has 0 bridgehead atoms. The second-order valence-corrected chi connectivity index (χ2v) is 4.55. The van der Waals surface area contributed by atoms with Crippen molar-refractivity contribution in [2.45, 2.75) is 6.54 Å². The van der Waals surface area contributed by atoms with E-state index < -0.39 is 0 Å². The van der Waals surface area contributed by atoms with Gasteiger partial charge in [-0.2, -0.15) is 5.10 Å². The summed E-state index contributed by atoms with van der Waals surface area (Å²) < 4.78 is 1.91. The molecule has 2 N–H and O–H groups in total. The van der Waals surface area contributed by atoms with Crippen molar-refractivity contribution in [1.82, 2.24) is 9.78 Å². The van der Waals surface area contributed by atoms with Crippen LogP contribution in [-0.2, 0) is 6.54 Å². The number of likely N-dealkylation sites (N-methyl/N-ethyl adjacent to an activating group) is 1. The van der Waals surface area contributed by atoms with Crippen LogP contribution >= 0.6 is 12.2 Å². The molecule has 0 unspecified atom stereocenters. The molecule has 18 heavy (non-hydrogen) atoms. The van der Waals surface area contributed by atoms with Crippen LogP contribution in [0.1, 0.15) is 5.56 Å². The molecule has 0 aliphatic rings. The minimum absolute atomic E-state index is 0.428. The Hall–Kier alpha value is -1.88. The lowest BCUT2D eigenvalue weighted by molar-refractivity contribution is 0.611. The Labute approximate surface area is 112 Å². The van der Waals surface area contributed by atoms with Gasteiger partial charge in [0, 0.05) is 37.2 Å². The number of hydrogen-bond donors (Lipinski definition) is 1. The van der Waals surface area contributed by atoms with Gasteiger partial charge in [0.2, 0.25) is 0 Å². The largest absolute Gasteiger partial charge is 0.389 e. The Morgan fingerprint density at radius 1 is 1.44 bits per heavy atom. The lowest BCUT2D eigenvalue weighted by atomic mass is 10.2. The number of hydrogen-bond acceptors (Lipinski definition) is 3. The van der Waals surface area contributed by atoms with Gasteiger partial charge in [0.05, 0.1) is 6.54 Å². The second-order valence-electron chi connectivity index (χ2n) is 4.11. The minimum atomic E-state index is 0.428. The van der Waals surface area contributed by atoms with E-state index in [1.807, 2.05) is 48.3 Å². The van der Waals surface area contributed by atoms with Crippen LogP contribution < -0.4 is 10.6 Å². The maximum Gasteiger partial charge on any atom is 0.104 e. The SMILES string of the molecule is CN(CCn1cccn1)c1cccc(C(N)=S)c1. The van der Waals surface area contributed by atoms with Gasteiger partial charge < -0.3 is 10.6 Å². The minimum Gasteiger partial charge on any atom is -0.389 e. The van der Waals surface area contributed by atoms with E-state index >= 15 is 0 Å². The molecule has 2 aromatic rings. The highest BCUT2D eigenvalue weighted by molar-refractivity contribution is 7.80. The molecule has 0 fully saturated rings. The smallest absolute Gasteiger partial charge is 0.104 e. The molecule has 1 heterocycles. The van der Waals surface area contributed by atoms with Crippen LogP contribution in [0.25, 0.3) is 0 Å². The molecule has 0 spiro atoms. The average Bonchev–Trinajstić information content (AvgIpc) is 2.89. The Morgan fingerprint density at radius 2 is 2.28 bits per heavy atom. The molecule has 0 aliphatic heterocycles. The third kappa shape index (κ3) is 3.07. The van der Waals surface area contributed by atoms with E-state index in [9.17, 15) is 0 Å². The Balaban J connectivity index is 2.02. The van der Waals surface area contributed by atoms with Crippen LogP contribution in [0.15, 0.2) is 42.7 Å². The lowest BCUT2D eigenvalue weighted by Crippen LogP contribution is -2.23. The van der Waals surface area contributed by atoms with Crippen molar-refractivity contribution in [3.05, 3.63) is 48.3 Å². The summed E-state index contributed by atoms with van der Waals surface area (Å²) in [6.45, 7) is 1.73. The summed E-state index contributed by atoms with van der Waals surface area (Å²) in [6.07, 6.45) is 3.74. The molecule has 0 atom stereocenters. The molecule has 1 aromatic heterocycles. The number of nitrogens with two attached hydrogens (primary N) is 1. The highest BCUT2D eigenvalue weighted by Crippen LogP contribution is 2.14. The van der Waals surface area contributed by atoms with Crippen molar-refractivity contribution in [2.24, 2.45) is 5.73 Å². The molecular weight excluding hydrogens is 244 g/mol. The first-order valence-corrected chi connectivity index (χ1v) is 6.16. The van der Waals surface area contributed by atoms with E-state index in [0.29, 0.717) is 4.99 Å². The third-order valence-corrected chi connectivity index (χ3v) is 3.03. The number of thiocarbonyl (C=S) groups is 1. The molecule has 0 radical (unpaired) electrons. The molecule has 0 aliphatic carbocycles. The van der Waals surface area contributed by atoms with Crippen molar-refractivity contribution in [3.63, 3.8) is 0 Å². The van der Waals surface area contributed by atoms with Crippen LogP contribution in [0.3, 0.4) is 0 Å². The van der Waals surface area contributed by atoms with E-state index in [1.54, 1.807) is 6.20 Å². The van der Waals surface area contributed by atoms with Crippen molar-refractivity contribution in [3.8, 4) is 0 Å². The standard InChI is InChI=1S/C13H16N4S/c1-16(8-9-17-7-3-6-15-17)12-5-2-4-11(10-12)13(14)18/h2-7,10H,8-9H2,1H3,(H2,14,18). The summed E-state index contributed by atoms with van der Waals surface area (Å²) >= 11 is 4.98. The summed E-state index contributed by atoms with van der Waals surface area (Å²) in [7, 11) is 2.04. The Bertz CT molecular complexity index is 522. The van der Waals surface area contributed by atoms with E-state index in [1.165, 1.54) is 0 Å². The first-order chi connectivity index (χ1) is 8.66. The normalized spacial score (nSPS) is 10.3. The van der Waals surface area contributed by atoms with Gasteiger partial charge in [-0.1, -0.05) is 24.4 Å². The second kappa shape index (κ2) is 5.64. The fraction of sp³-hybridized carbons (Fsp3) is 0.231. The van der Waals surface area contributed by atoms with Crippen molar-refractivity contribution >= 4 is 22.9 Å². The molecule has 5 heteroatoms. The first-order valence-electron chi connectivity index (χ1n) is 5.75. The third-order valence-electron chi connectivity index (χ3n) is 2.80. The Kier molecular flexibility index (Phi) is 3.94. The number of rotatable bonds is 5. The molecule has 0 saturated heterocycles. The van der Waals surface area contributed by atoms with Gasteiger partial charge >= 0.3 is 0 Å². The van der Waals surface area contributed by atoms with Gasteiger partial charge in [0.1, 0.15) is 4.99 Å². The molecular formula is C13H16N4S. The number of aromatic nitrogens is 2. The number of anilines is 1. The average molecular weight is 260 g/mol. The maximum atomic E-state index is 5.63. The summed E-state index contributed by atoms with van der Waals surface area (Å²) in [5.74, 6) is 0. The quantitative estimate of drug-likeness (QED) is 0.831. The van der Waals surface area contributed by atoms with E-state index in [4.69, 9.17) is 18.0 Å². The molecule has 4 nitrogen and oxygen atoms in total. The van der Waals surface area contributed by atoms with Gasteiger partial charge in [-0.3, -0.25) is 4.68 Å². The fourth-order valence-electron chi connectivity index (χ4n) is 1.71. The van der Waals surface area contributed by atoms with Crippen LogP contribution in [0, 0.1) is 0 Å². The topological polar surface area (TPSA) is 47.1 Å². The first kappa shape index (κ1) is 12.6. The van der Waals surface area contributed by atoms with Gasteiger partial charge in [0.15, 0.2) is 0 Å². The van der Waals surface area contributed by atoms with E-state index in [0.717, 1.165) is 24.3 Å². The van der Waals surface area contributed by atoms with E-state index in [2.05, 4.69) is 10.00 Å². The lowest BCUT2D eigenvalue weighted by Gasteiger charge is -2.19. The number of benzene rings is 1. The summed E-state index contributed by atoms with van der Waals surface area (Å²) in [6, 6.07) is 9.87. The fourth-order valence-corrected chi connectivity index (χ4v) is 1.84. The van der Waals surface area contributed by atoms with Crippen molar-refractivity contribution < 1.29 is 0 Å². The monoisotopic (exact) mass is 260 g/mol. The Morgan fingerprint density at radius 3 is 2.94 bits per heavy atom. The van der Waals surface area contributed by atoms with E-state index in [-0.39, 0.29) is 0 Å². The molecule has 0 saturated carbocycles. The molecule has 1 aromatic carbocycles. The highest BCUT2D eigenvalue weighted by Gasteiger charge is 2.03. The van der Waals surface area contributed by atoms with Crippen LogP contribution in [0.2, 0.25) is 0 Å². The number of nitrogens with zero attached hydrogens (tertiary/aromatic N) is 3. The highest BCUT2D eigenvalue weighted by atomic mass is 32.1. The zero-order valence-corrected chi connectivity index (χ0v) is 11.1. The van der Waals surface area contributed by atoms with Gasteiger partial charge in [0.25, 0.3) is 0 Å². The van der Waals surface area contributed by atoms with Gasteiger partial charge in [-0.15, -0.1) is 0 Å². The zero-order valence-electron chi connectivity index (χ0n) is 10.3. The molecule has 0 amide bonds.